The number of aliphatic hydroxyl groups excluding tert-OH is 1. The van der Waals surface area contributed by atoms with E-state index in [1.807, 2.05) is 31.9 Å². The Morgan fingerprint density at radius 3 is 2.52 bits per heavy atom. The molecule has 5 nitrogen and oxygen atoms in total. The number of nitrogens with zero attached hydrogens (tertiary/aromatic N) is 2. The monoisotopic (exact) mass is 292 g/mol. The molecule has 21 heavy (non-hydrogen) atoms. The van der Waals surface area contributed by atoms with Gasteiger partial charge in [-0.05, 0) is 45.2 Å². The van der Waals surface area contributed by atoms with Crippen molar-refractivity contribution in [2.24, 2.45) is 0 Å². The van der Waals surface area contributed by atoms with E-state index < -0.39 is 6.10 Å². The zero-order valence-electron chi connectivity index (χ0n) is 13.0. The van der Waals surface area contributed by atoms with E-state index in [-0.39, 0.29) is 12.7 Å². The Bertz CT molecular complexity index is 440. The highest BCUT2D eigenvalue weighted by molar-refractivity contribution is 5.34. The van der Waals surface area contributed by atoms with Crippen LogP contribution >= 0.6 is 0 Å². The summed E-state index contributed by atoms with van der Waals surface area (Å²) in [5.41, 5.74) is 0.591. The highest BCUT2D eigenvalue weighted by Gasteiger charge is 2.09. The van der Waals surface area contributed by atoms with Crippen LogP contribution in [0.25, 0.3) is 0 Å². The maximum absolute atomic E-state index is 9.93. The zero-order chi connectivity index (χ0) is 15.7. The van der Waals surface area contributed by atoms with Gasteiger partial charge >= 0.3 is 0 Å². The molecule has 0 aliphatic carbocycles. The highest BCUT2D eigenvalue weighted by Crippen LogP contribution is 2.11. The first kappa shape index (κ1) is 17.4. The van der Waals surface area contributed by atoms with Gasteiger partial charge in [0.1, 0.15) is 18.5 Å². The Hall–Kier alpha value is -1.61. The SMILES string of the molecule is CC(C)OCCN(C)CC(O)COc1ccc(C#N)cc1. The third kappa shape index (κ3) is 7.66. The van der Waals surface area contributed by atoms with Gasteiger partial charge in [0.15, 0.2) is 0 Å². The number of rotatable bonds is 9. The van der Waals surface area contributed by atoms with Crippen molar-refractivity contribution in [1.29, 1.82) is 5.26 Å². The first-order valence-corrected chi connectivity index (χ1v) is 7.12. The number of likely N-dealkylation sites (N-methyl/N-ethyl adjacent to an activating group) is 1. The Morgan fingerprint density at radius 2 is 1.95 bits per heavy atom. The Kier molecular flexibility index (Phi) is 7.76. The number of hydrogen-bond acceptors (Lipinski definition) is 5. The quantitative estimate of drug-likeness (QED) is 0.750. The minimum atomic E-state index is -0.565. The smallest absolute Gasteiger partial charge is 0.119 e. The fourth-order valence-electron chi connectivity index (χ4n) is 1.77. The summed E-state index contributed by atoms with van der Waals surface area (Å²) in [6.07, 6.45) is -0.340. The molecule has 0 radical (unpaired) electrons. The van der Waals surface area contributed by atoms with Gasteiger partial charge < -0.3 is 19.5 Å². The van der Waals surface area contributed by atoms with E-state index in [9.17, 15) is 5.11 Å². The summed E-state index contributed by atoms with van der Waals surface area (Å²) >= 11 is 0. The van der Waals surface area contributed by atoms with E-state index in [1.165, 1.54) is 0 Å². The van der Waals surface area contributed by atoms with Crippen molar-refractivity contribution < 1.29 is 14.6 Å². The lowest BCUT2D eigenvalue weighted by Gasteiger charge is -2.21. The number of hydrogen-bond donors (Lipinski definition) is 1. The van der Waals surface area contributed by atoms with Crippen LogP contribution in [0.15, 0.2) is 24.3 Å². The van der Waals surface area contributed by atoms with Crippen molar-refractivity contribution in [1.82, 2.24) is 4.90 Å². The molecule has 116 valence electrons. The van der Waals surface area contributed by atoms with Crippen LogP contribution in [0.2, 0.25) is 0 Å². The van der Waals surface area contributed by atoms with Crippen LogP contribution in [-0.2, 0) is 4.74 Å². The molecule has 1 aromatic rings. The van der Waals surface area contributed by atoms with Gasteiger partial charge in [0, 0.05) is 13.1 Å². The molecular weight excluding hydrogens is 268 g/mol. The first-order chi connectivity index (χ1) is 10.0. The van der Waals surface area contributed by atoms with E-state index in [2.05, 4.69) is 0 Å². The maximum Gasteiger partial charge on any atom is 0.119 e. The van der Waals surface area contributed by atoms with Crippen molar-refractivity contribution in [3.63, 3.8) is 0 Å². The summed E-state index contributed by atoms with van der Waals surface area (Å²) in [5.74, 6) is 0.652. The molecule has 0 saturated carbocycles. The fourth-order valence-corrected chi connectivity index (χ4v) is 1.77. The van der Waals surface area contributed by atoms with Crippen LogP contribution in [0.5, 0.6) is 5.75 Å². The Morgan fingerprint density at radius 1 is 1.29 bits per heavy atom. The summed E-state index contributed by atoms with van der Waals surface area (Å²) in [4.78, 5) is 2.01. The van der Waals surface area contributed by atoms with Gasteiger partial charge in [0.25, 0.3) is 0 Å². The molecule has 5 heteroatoms. The van der Waals surface area contributed by atoms with Gasteiger partial charge in [-0.25, -0.2) is 0 Å². The summed E-state index contributed by atoms with van der Waals surface area (Å²) in [6.45, 7) is 6.17. The maximum atomic E-state index is 9.93. The van der Waals surface area contributed by atoms with Crippen LogP contribution in [0, 0.1) is 11.3 Å². The second kappa shape index (κ2) is 9.35. The van der Waals surface area contributed by atoms with Crippen molar-refractivity contribution in [3.8, 4) is 11.8 Å². The van der Waals surface area contributed by atoms with E-state index in [1.54, 1.807) is 24.3 Å². The largest absolute Gasteiger partial charge is 0.491 e. The zero-order valence-corrected chi connectivity index (χ0v) is 13.0. The molecular formula is C16H24N2O3. The third-order valence-corrected chi connectivity index (χ3v) is 2.87. The number of benzene rings is 1. The lowest BCUT2D eigenvalue weighted by Crippen LogP contribution is -2.35. The van der Waals surface area contributed by atoms with Crippen molar-refractivity contribution in [3.05, 3.63) is 29.8 Å². The molecule has 1 rings (SSSR count). The minimum absolute atomic E-state index is 0.223. The van der Waals surface area contributed by atoms with Crippen molar-refractivity contribution in [2.45, 2.75) is 26.1 Å². The minimum Gasteiger partial charge on any atom is -0.491 e. The second-order valence-electron chi connectivity index (χ2n) is 5.28. The molecule has 0 fully saturated rings. The van der Waals surface area contributed by atoms with Crippen LogP contribution in [0.1, 0.15) is 19.4 Å². The van der Waals surface area contributed by atoms with E-state index in [4.69, 9.17) is 14.7 Å². The summed E-state index contributed by atoms with van der Waals surface area (Å²) < 4.78 is 11.0. The Labute approximate surface area is 126 Å². The first-order valence-electron chi connectivity index (χ1n) is 7.12. The number of ether oxygens (including phenoxy) is 2. The molecule has 1 atom stereocenters. The average Bonchev–Trinajstić information content (AvgIpc) is 2.45. The lowest BCUT2D eigenvalue weighted by molar-refractivity contribution is 0.0414. The highest BCUT2D eigenvalue weighted by atomic mass is 16.5. The second-order valence-corrected chi connectivity index (χ2v) is 5.28. The number of nitriles is 1. The summed E-state index contributed by atoms with van der Waals surface area (Å²) in [7, 11) is 1.94. The normalized spacial score (nSPS) is 12.4. The van der Waals surface area contributed by atoms with E-state index in [0.29, 0.717) is 24.5 Å². The Balaban J connectivity index is 2.23. The molecule has 0 aromatic heterocycles. The standard InChI is InChI=1S/C16H24N2O3/c1-13(2)20-9-8-18(3)11-15(19)12-21-16-6-4-14(10-17)5-7-16/h4-7,13,15,19H,8-9,11-12H2,1-3H3. The lowest BCUT2D eigenvalue weighted by atomic mass is 10.2. The van der Waals surface area contributed by atoms with E-state index in [0.717, 1.165) is 6.54 Å². The molecule has 0 aliphatic heterocycles. The van der Waals surface area contributed by atoms with Gasteiger partial charge in [-0.2, -0.15) is 5.26 Å². The molecule has 1 N–H and O–H groups in total. The molecule has 0 saturated heterocycles. The third-order valence-electron chi connectivity index (χ3n) is 2.87. The predicted molar refractivity (Wildman–Crippen MR) is 81.2 cm³/mol. The van der Waals surface area contributed by atoms with Gasteiger partial charge in [-0.15, -0.1) is 0 Å². The van der Waals surface area contributed by atoms with Gasteiger partial charge in [0.05, 0.1) is 24.3 Å². The molecule has 0 heterocycles. The number of aliphatic hydroxyl groups is 1. The van der Waals surface area contributed by atoms with Gasteiger partial charge in [0.2, 0.25) is 0 Å². The van der Waals surface area contributed by atoms with Crippen LogP contribution in [0.3, 0.4) is 0 Å². The molecule has 0 spiro atoms. The average molecular weight is 292 g/mol. The molecule has 0 amide bonds. The molecule has 0 aliphatic rings. The molecule has 1 unspecified atom stereocenters. The van der Waals surface area contributed by atoms with Gasteiger partial charge in [-0.3, -0.25) is 0 Å². The van der Waals surface area contributed by atoms with Crippen molar-refractivity contribution in [2.75, 3.05) is 33.4 Å². The topological polar surface area (TPSA) is 65.7 Å². The van der Waals surface area contributed by atoms with Crippen LogP contribution < -0.4 is 4.74 Å². The fraction of sp³-hybridized carbons (Fsp3) is 0.562. The molecule has 0 bridgehead atoms. The molecule has 1 aromatic carbocycles. The van der Waals surface area contributed by atoms with Crippen molar-refractivity contribution >= 4 is 0 Å². The van der Waals surface area contributed by atoms with E-state index >= 15 is 0 Å². The summed E-state index contributed by atoms with van der Waals surface area (Å²) in [6, 6.07) is 8.89. The predicted octanol–water partition coefficient (Wildman–Crippen LogP) is 1.65. The summed E-state index contributed by atoms with van der Waals surface area (Å²) in [5, 5.41) is 18.6. The van der Waals surface area contributed by atoms with Crippen LogP contribution in [-0.4, -0.2) is 55.6 Å². The van der Waals surface area contributed by atoms with Gasteiger partial charge in [-0.1, -0.05) is 0 Å². The van der Waals surface area contributed by atoms with Crippen LogP contribution in [0.4, 0.5) is 0 Å².